The maximum atomic E-state index is 14.5. The van der Waals surface area contributed by atoms with Crippen LogP contribution in [-0.2, 0) is 27.2 Å². The van der Waals surface area contributed by atoms with Crippen LogP contribution in [0.25, 0.3) is 11.1 Å². The molecular weight excluding hydrogens is 659 g/mol. The van der Waals surface area contributed by atoms with Gasteiger partial charge in [-0.05, 0) is 76.4 Å². The largest absolute Gasteiger partial charge is 0.478 e. The molecular formula is C41H43N3O6Si. The molecule has 1 fully saturated rings. The van der Waals surface area contributed by atoms with E-state index < -0.39 is 32.2 Å². The van der Waals surface area contributed by atoms with Gasteiger partial charge >= 0.3 is 12.1 Å². The summed E-state index contributed by atoms with van der Waals surface area (Å²) in [6, 6.07) is 29.4. The van der Waals surface area contributed by atoms with Gasteiger partial charge in [0.15, 0.2) is 0 Å². The van der Waals surface area contributed by atoms with E-state index in [-0.39, 0.29) is 42.4 Å². The van der Waals surface area contributed by atoms with E-state index in [1.165, 1.54) is 17.7 Å². The normalized spacial score (nSPS) is 19.3. The molecule has 2 aliphatic carbocycles. The van der Waals surface area contributed by atoms with Crippen LogP contribution in [0.5, 0.6) is 0 Å². The Morgan fingerprint density at radius 1 is 0.863 bits per heavy atom. The number of aromatic carboxylic acids is 1. The lowest BCUT2D eigenvalue weighted by molar-refractivity contribution is -0.139. The molecule has 0 aromatic heterocycles. The Bertz CT molecular complexity index is 1930. The molecule has 1 saturated heterocycles. The number of nitrogens with one attached hydrogen (secondary N) is 2. The zero-order valence-corrected chi connectivity index (χ0v) is 29.9. The molecule has 3 amide bonds. The Hall–Kier alpha value is -5.22. The van der Waals surface area contributed by atoms with Crippen LogP contribution in [0.15, 0.2) is 97.1 Å². The van der Waals surface area contributed by atoms with Crippen LogP contribution in [0, 0.1) is 0 Å². The SMILES string of the molecule is C[Si]1(C)CC(C(=O)N[C@@H]2CCCc3ccccc32)N(C(=O)C(Cc2ccc(C(=O)O)cc2)NC(=O)OCC2c3ccccc3-c3ccccc32)C1. The Morgan fingerprint density at radius 2 is 1.49 bits per heavy atom. The number of aryl methyl sites for hydroxylation is 1. The molecule has 10 heteroatoms. The van der Waals surface area contributed by atoms with Crippen molar-refractivity contribution < 1.29 is 29.0 Å². The summed E-state index contributed by atoms with van der Waals surface area (Å²) in [5.41, 5.74) is 7.55. The van der Waals surface area contributed by atoms with Gasteiger partial charge in [0.25, 0.3) is 0 Å². The number of carboxylic acid groups (broad SMARTS) is 1. The Morgan fingerprint density at radius 3 is 2.16 bits per heavy atom. The van der Waals surface area contributed by atoms with Gasteiger partial charge in [-0.1, -0.05) is 98.0 Å². The van der Waals surface area contributed by atoms with Gasteiger partial charge in [0.2, 0.25) is 11.8 Å². The number of fused-ring (bicyclic) bond motifs is 4. The van der Waals surface area contributed by atoms with E-state index >= 15 is 0 Å². The minimum absolute atomic E-state index is 0.0889. The molecule has 0 radical (unpaired) electrons. The molecule has 0 saturated carbocycles. The maximum Gasteiger partial charge on any atom is 0.407 e. The molecule has 2 unspecified atom stereocenters. The van der Waals surface area contributed by atoms with Crippen molar-refractivity contribution >= 4 is 32.0 Å². The van der Waals surface area contributed by atoms with Crippen LogP contribution in [0.1, 0.15) is 63.0 Å². The average Bonchev–Trinajstić information content (AvgIpc) is 3.64. The lowest BCUT2D eigenvalue weighted by Gasteiger charge is -2.32. The first-order valence-electron chi connectivity index (χ1n) is 17.7. The van der Waals surface area contributed by atoms with E-state index in [0.717, 1.165) is 47.1 Å². The van der Waals surface area contributed by atoms with Crippen molar-refractivity contribution in [1.29, 1.82) is 0 Å². The van der Waals surface area contributed by atoms with Gasteiger partial charge in [-0.25, -0.2) is 9.59 Å². The number of alkyl carbamates (subject to hydrolysis) is 1. The summed E-state index contributed by atoms with van der Waals surface area (Å²) < 4.78 is 5.85. The van der Waals surface area contributed by atoms with Crippen molar-refractivity contribution in [3.8, 4) is 11.1 Å². The van der Waals surface area contributed by atoms with Gasteiger partial charge in [-0.2, -0.15) is 0 Å². The number of hydrogen-bond acceptors (Lipinski definition) is 5. The number of ether oxygens (including phenoxy) is 1. The summed E-state index contributed by atoms with van der Waals surface area (Å²) in [7, 11) is -1.99. The van der Waals surface area contributed by atoms with Crippen molar-refractivity contribution in [1.82, 2.24) is 15.5 Å². The minimum atomic E-state index is -1.99. The molecule has 3 N–H and O–H groups in total. The molecule has 9 nitrogen and oxygen atoms in total. The standard InChI is InChI=1S/C41H43N3O6Si/c1-51(2)24-37(38(45)42-35-17-9-11-27-10-3-4-12-29(27)35)44(25-51)39(46)36(22-26-18-20-28(21-19-26)40(47)48)43-41(49)50-23-34-32-15-7-5-13-30(32)31-14-6-8-16-33(31)34/h3-8,10,12-16,18-21,34-37H,9,11,17,22-25H2,1-2H3,(H,42,45)(H,43,49)(H,47,48)/t35-,36?,37?/m1/s1. The van der Waals surface area contributed by atoms with Gasteiger partial charge in [-0.3, -0.25) is 9.59 Å². The van der Waals surface area contributed by atoms with Crippen molar-refractivity contribution in [3.05, 3.63) is 130 Å². The highest BCUT2D eigenvalue weighted by Gasteiger charge is 2.47. The summed E-state index contributed by atoms with van der Waals surface area (Å²) in [5.74, 6) is -1.73. The molecule has 262 valence electrons. The van der Waals surface area contributed by atoms with E-state index in [0.29, 0.717) is 17.8 Å². The fraction of sp³-hybridized carbons (Fsp3) is 0.317. The number of hydrogen-bond donors (Lipinski definition) is 3. The maximum absolute atomic E-state index is 14.5. The highest BCUT2D eigenvalue weighted by Crippen LogP contribution is 2.44. The second kappa shape index (κ2) is 14.2. The number of rotatable bonds is 9. The third kappa shape index (κ3) is 7.19. The van der Waals surface area contributed by atoms with Crippen molar-refractivity contribution in [2.24, 2.45) is 0 Å². The smallest absolute Gasteiger partial charge is 0.407 e. The molecule has 51 heavy (non-hydrogen) atoms. The summed E-state index contributed by atoms with van der Waals surface area (Å²) in [5, 5.41) is 15.5. The van der Waals surface area contributed by atoms with Crippen LogP contribution in [0.3, 0.4) is 0 Å². The third-order valence-corrected chi connectivity index (χ3v) is 13.3. The fourth-order valence-corrected chi connectivity index (χ4v) is 11.0. The molecule has 0 bridgehead atoms. The zero-order chi connectivity index (χ0) is 35.7. The molecule has 4 aromatic rings. The highest BCUT2D eigenvalue weighted by atomic mass is 28.3. The summed E-state index contributed by atoms with van der Waals surface area (Å²) >= 11 is 0. The van der Waals surface area contributed by atoms with Crippen LogP contribution in [0.2, 0.25) is 19.1 Å². The van der Waals surface area contributed by atoms with E-state index in [2.05, 4.69) is 48.0 Å². The second-order valence-electron chi connectivity index (χ2n) is 14.7. The molecule has 1 heterocycles. The lowest BCUT2D eigenvalue weighted by atomic mass is 9.87. The number of amides is 3. The fourth-order valence-electron chi connectivity index (χ4n) is 8.11. The Balaban J connectivity index is 1.11. The number of carboxylic acids is 1. The van der Waals surface area contributed by atoms with E-state index in [1.54, 1.807) is 17.0 Å². The molecule has 1 aliphatic heterocycles. The third-order valence-electron chi connectivity index (χ3n) is 10.6. The average molecular weight is 702 g/mol. The van der Waals surface area contributed by atoms with Gasteiger partial charge in [-0.15, -0.1) is 0 Å². The number of carbonyl (C=O) groups is 4. The minimum Gasteiger partial charge on any atom is -0.478 e. The van der Waals surface area contributed by atoms with E-state index in [1.807, 2.05) is 48.5 Å². The first-order valence-corrected chi connectivity index (χ1v) is 21.1. The predicted molar refractivity (Wildman–Crippen MR) is 197 cm³/mol. The monoisotopic (exact) mass is 701 g/mol. The highest BCUT2D eigenvalue weighted by molar-refractivity contribution is 6.79. The van der Waals surface area contributed by atoms with Crippen LogP contribution in [0.4, 0.5) is 4.79 Å². The zero-order valence-electron chi connectivity index (χ0n) is 28.9. The first-order chi connectivity index (χ1) is 24.6. The van der Waals surface area contributed by atoms with Crippen molar-refractivity contribution in [3.63, 3.8) is 0 Å². The first kappa shape index (κ1) is 34.2. The molecule has 4 aromatic carbocycles. The summed E-state index contributed by atoms with van der Waals surface area (Å²) in [6.07, 6.45) is 2.64. The van der Waals surface area contributed by atoms with Gasteiger partial charge in [0.1, 0.15) is 18.7 Å². The molecule has 0 spiro atoms. The van der Waals surface area contributed by atoms with Crippen LogP contribution >= 0.6 is 0 Å². The van der Waals surface area contributed by atoms with Crippen LogP contribution in [-0.4, -0.2) is 66.8 Å². The van der Waals surface area contributed by atoms with Crippen LogP contribution < -0.4 is 10.6 Å². The second-order valence-corrected chi connectivity index (χ2v) is 19.8. The Kier molecular flexibility index (Phi) is 9.52. The summed E-state index contributed by atoms with van der Waals surface area (Å²) in [4.78, 5) is 55.3. The van der Waals surface area contributed by atoms with Crippen molar-refractivity contribution in [2.45, 2.75) is 68.9 Å². The van der Waals surface area contributed by atoms with Gasteiger partial charge in [0.05, 0.1) is 19.7 Å². The molecule has 3 atom stereocenters. The topological polar surface area (TPSA) is 125 Å². The number of carbonyl (C=O) groups excluding carboxylic acids is 3. The molecule has 3 aliphatic rings. The number of nitrogens with zero attached hydrogens (tertiary/aromatic N) is 1. The molecule has 7 rings (SSSR count). The quantitative estimate of drug-likeness (QED) is 0.172. The predicted octanol–water partition coefficient (Wildman–Crippen LogP) is 6.49. The Labute approximate surface area is 299 Å². The van der Waals surface area contributed by atoms with Crippen molar-refractivity contribution in [2.75, 3.05) is 12.8 Å². The van der Waals surface area contributed by atoms with E-state index in [9.17, 15) is 24.3 Å². The van der Waals surface area contributed by atoms with Gasteiger partial charge in [0, 0.05) is 18.5 Å². The summed E-state index contributed by atoms with van der Waals surface area (Å²) in [6.45, 7) is 4.44. The number of benzene rings is 4. The lowest BCUT2D eigenvalue weighted by Crippen LogP contribution is -2.55. The van der Waals surface area contributed by atoms with Gasteiger partial charge < -0.3 is 25.4 Å². The van der Waals surface area contributed by atoms with E-state index in [4.69, 9.17) is 4.74 Å².